The zero-order chi connectivity index (χ0) is 12.3. The Morgan fingerprint density at radius 1 is 1.53 bits per heavy atom. The van der Waals surface area contributed by atoms with Gasteiger partial charge in [0.25, 0.3) is 0 Å². The van der Waals surface area contributed by atoms with Gasteiger partial charge in [-0.15, -0.1) is 6.58 Å². The van der Waals surface area contributed by atoms with E-state index in [-0.39, 0.29) is 5.41 Å². The van der Waals surface area contributed by atoms with Crippen LogP contribution in [0.5, 0.6) is 5.75 Å². The number of allylic oxidation sites excluding steroid dienone is 1. The van der Waals surface area contributed by atoms with E-state index in [1.807, 2.05) is 12.1 Å². The molecule has 1 unspecified atom stereocenters. The molecule has 1 aromatic carbocycles. The summed E-state index contributed by atoms with van der Waals surface area (Å²) >= 11 is 0. The molecule has 2 nitrogen and oxygen atoms in total. The molecule has 2 rings (SSSR count). The smallest absolute Gasteiger partial charge is 0.119 e. The lowest BCUT2D eigenvalue weighted by molar-refractivity contribution is 0.366. The third-order valence-corrected chi connectivity index (χ3v) is 3.76. The first-order valence-corrected chi connectivity index (χ1v) is 6.14. The highest BCUT2D eigenvalue weighted by atomic mass is 16.5. The van der Waals surface area contributed by atoms with E-state index in [1.165, 1.54) is 12.0 Å². The van der Waals surface area contributed by atoms with Crippen LogP contribution in [-0.2, 0) is 5.41 Å². The molecule has 1 aliphatic rings. The number of methoxy groups -OCH3 is 1. The molecule has 0 radical (unpaired) electrons. The van der Waals surface area contributed by atoms with E-state index in [4.69, 9.17) is 4.74 Å². The molecule has 0 N–H and O–H groups in total. The molecule has 0 aliphatic carbocycles. The number of hydrogen-bond acceptors (Lipinski definition) is 2. The van der Waals surface area contributed by atoms with Gasteiger partial charge in [-0.1, -0.05) is 18.2 Å². The molecule has 0 saturated carbocycles. The van der Waals surface area contributed by atoms with Gasteiger partial charge in [-0.25, -0.2) is 0 Å². The Labute approximate surface area is 104 Å². The lowest BCUT2D eigenvalue weighted by Gasteiger charge is -2.28. The Kier molecular flexibility index (Phi) is 3.53. The first-order chi connectivity index (χ1) is 8.20. The summed E-state index contributed by atoms with van der Waals surface area (Å²) in [6.07, 6.45) is 4.27. The van der Waals surface area contributed by atoms with Crippen LogP contribution in [0.15, 0.2) is 36.9 Å². The number of ether oxygens (including phenoxy) is 1. The van der Waals surface area contributed by atoms with Crippen molar-refractivity contribution in [2.45, 2.75) is 18.3 Å². The average molecular weight is 231 g/mol. The molecule has 1 atom stereocenters. The minimum atomic E-state index is 0.227. The molecule has 1 fully saturated rings. The van der Waals surface area contributed by atoms with Crippen LogP contribution in [0.1, 0.15) is 18.4 Å². The van der Waals surface area contributed by atoms with E-state index in [0.29, 0.717) is 0 Å². The van der Waals surface area contributed by atoms with Gasteiger partial charge in [-0.05, 0) is 44.1 Å². The van der Waals surface area contributed by atoms with Gasteiger partial charge in [0, 0.05) is 12.0 Å². The number of likely N-dealkylation sites (N-methyl/N-ethyl adjacent to an activating group) is 1. The highest BCUT2D eigenvalue weighted by molar-refractivity contribution is 5.35. The minimum Gasteiger partial charge on any atom is -0.497 e. The van der Waals surface area contributed by atoms with Crippen molar-refractivity contribution >= 4 is 0 Å². The highest BCUT2D eigenvalue weighted by Crippen LogP contribution is 2.38. The number of likely N-dealkylation sites (tertiary alicyclic amines) is 1. The second kappa shape index (κ2) is 4.92. The van der Waals surface area contributed by atoms with Crippen molar-refractivity contribution in [3.05, 3.63) is 42.5 Å². The summed E-state index contributed by atoms with van der Waals surface area (Å²) in [6.45, 7) is 6.17. The molecule has 1 heterocycles. The maximum atomic E-state index is 5.32. The normalized spacial score (nSPS) is 24.8. The Bertz CT molecular complexity index is 402. The fraction of sp³-hybridized carbons (Fsp3) is 0.467. The summed E-state index contributed by atoms with van der Waals surface area (Å²) in [7, 11) is 3.91. The summed E-state index contributed by atoms with van der Waals surface area (Å²) in [6, 6.07) is 8.47. The van der Waals surface area contributed by atoms with Crippen molar-refractivity contribution in [1.82, 2.24) is 4.90 Å². The third kappa shape index (κ3) is 2.37. The van der Waals surface area contributed by atoms with Crippen molar-refractivity contribution in [1.29, 1.82) is 0 Å². The monoisotopic (exact) mass is 231 g/mol. The van der Waals surface area contributed by atoms with Gasteiger partial charge in [0.1, 0.15) is 5.75 Å². The van der Waals surface area contributed by atoms with Crippen LogP contribution in [-0.4, -0.2) is 32.1 Å². The van der Waals surface area contributed by atoms with Gasteiger partial charge in [-0.2, -0.15) is 0 Å². The Morgan fingerprint density at radius 3 is 2.94 bits per heavy atom. The maximum Gasteiger partial charge on any atom is 0.119 e. The van der Waals surface area contributed by atoms with E-state index >= 15 is 0 Å². The quantitative estimate of drug-likeness (QED) is 0.739. The molecule has 0 amide bonds. The van der Waals surface area contributed by atoms with Crippen molar-refractivity contribution in [2.24, 2.45) is 0 Å². The number of hydrogen-bond donors (Lipinski definition) is 0. The lowest BCUT2D eigenvalue weighted by atomic mass is 9.77. The predicted octanol–water partition coefficient (Wildman–Crippen LogP) is 2.84. The van der Waals surface area contributed by atoms with Crippen LogP contribution in [0.25, 0.3) is 0 Å². The third-order valence-electron chi connectivity index (χ3n) is 3.76. The highest BCUT2D eigenvalue weighted by Gasteiger charge is 2.37. The van der Waals surface area contributed by atoms with Crippen LogP contribution < -0.4 is 4.74 Å². The zero-order valence-electron chi connectivity index (χ0n) is 10.8. The number of nitrogens with zero attached hydrogens (tertiary/aromatic N) is 1. The summed E-state index contributed by atoms with van der Waals surface area (Å²) in [5, 5.41) is 0. The first kappa shape index (κ1) is 12.2. The molecule has 92 valence electrons. The van der Waals surface area contributed by atoms with Crippen LogP contribution in [0, 0.1) is 0 Å². The summed E-state index contributed by atoms with van der Waals surface area (Å²) in [5.41, 5.74) is 1.60. The van der Waals surface area contributed by atoms with Gasteiger partial charge in [0.05, 0.1) is 7.11 Å². The van der Waals surface area contributed by atoms with E-state index in [9.17, 15) is 0 Å². The SMILES string of the molecule is C=CCC1(c2cccc(OC)c2)CCN(C)C1. The minimum absolute atomic E-state index is 0.227. The molecule has 0 aromatic heterocycles. The van der Waals surface area contributed by atoms with Crippen molar-refractivity contribution in [3.8, 4) is 5.75 Å². The van der Waals surface area contributed by atoms with Crippen LogP contribution in [0.2, 0.25) is 0 Å². The van der Waals surface area contributed by atoms with Gasteiger partial charge in [-0.3, -0.25) is 0 Å². The van der Waals surface area contributed by atoms with E-state index in [2.05, 4.69) is 36.7 Å². The molecule has 2 heteroatoms. The summed E-state index contributed by atoms with van der Waals surface area (Å²) < 4.78 is 5.32. The Morgan fingerprint density at radius 2 is 2.35 bits per heavy atom. The van der Waals surface area contributed by atoms with Gasteiger partial charge >= 0.3 is 0 Å². The van der Waals surface area contributed by atoms with Gasteiger partial charge in [0.2, 0.25) is 0 Å². The second-order valence-electron chi connectivity index (χ2n) is 4.99. The maximum absolute atomic E-state index is 5.32. The summed E-state index contributed by atoms with van der Waals surface area (Å²) in [4.78, 5) is 2.39. The van der Waals surface area contributed by atoms with Gasteiger partial charge in [0.15, 0.2) is 0 Å². The Hall–Kier alpha value is -1.28. The second-order valence-corrected chi connectivity index (χ2v) is 4.99. The van der Waals surface area contributed by atoms with E-state index < -0.39 is 0 Å². The standard InChI is InChI=1S/C15H21NO/c1-4-8-15(9-10-16(2)12-15)13-6-5-7-14(11-13)17-3/h4-7,11H,1,8-10,12H2,2-3H3. The lowest BCUT2D eigenvalue weighted by Crippen LogP contribution is -2.29. The molecule has 1 aromatic rings. The Balaban J connectivity index is 2.35. The number of rotatable bonds is 4. The van der Waals surface area contributed by atoms with Crippen LogP contribution >= 0.6 is 0 Å². The topological polar surface area (TPSA) is 12.5 Å². The molecule has 0 spiro atoms. The van der Waals surface area contributed by atoms with E-state index in [1.54, 1.807) is 7.11 Å². The van der Waals surface area contributed by atoms with Crippen LogP contribution in [0.3, 0.4) is 0 Å². The number of benzene rings is 1. The fourth-order valence-electron chi connectivity index (χ4n) is 2.83. The molecule has 1 aliphatic heterocycles. The van der Waals surface area contributed by atoms with Crippen LogP contribution in [0.4, 0.5) is 0 Å². The largest absolute Gasteiger partial charge is 0.497 e. The average Bonchev–Trinajstić information content (AvgIpc) is 2.73. The fourth-order valence-corrected chi connectivity index (χ4v) is 2.83. The van der Waals surface area contributed by atoms with Crippen molar-refractivity contribution in [2.75, 3.05) is 27.2 Å². The first-order valence-electron chi connectivity index (χ1n) is 6.14. The molecule has 1 saturated heterocycles. The molecule has 17 heavy (non-hydrogen) atoms. The summed E-state index contributed by atoms with van der Waals surface area (Å²) in [5.74, 6) is 0.945. The van der Waals surface area contributed by atoms with Crippen molar-refractivity contribution in [3.63, 3.8) is 0 Å². The molecular formula is C15H21NO. The molecule has 0 bridgehead atoms. The zero-order valence-corrected chi connectivity index (χ0v) is 10.8. The van der Waals surface area contributed by atoms with Crippen molar-refractivity contribution < 1.29 is 4.74 Å². The van der Waals surface area contributed by atoms with E-state index in [0.717, 1.165) is 25.3 Å². The van der Waals surface area contributed by atoms with Gasteiger partial charge < -0.3 is 9.64 Å². The molecular weight excluding hydrogens is 210 g/mol. The predicted molar refractivity (Wildman–Crippen MR) is 71.6 cm³/mol.